The number of ether oxygens (including phenoxy) is 2. The van der Waals surface area contributed by atoms with Crippen LogP contribution in [0.15, 0.2) is 43.1 Å². The van der Waals surface area contributed by atoms with E-state index < -0.39 is 0 Å². The van der Waals surface area contributed by atoms with Gasteiger partial charge in [0.1, 0.15) is 0 Å². The van der Waals surface area contributed by atoms with Crippen molar-refractivity contribution in [2.24, 2.45) is 0 Å². The van der Waals surface area contributed by atoms with Gasteiger partial charge in [0.25, 0.3) is 0 Å². The lowest BCUT2D eigenvalue weighted by atomic mass is 10.1. The standard InChI is InChI=1S/C20H26N4O3/c1-2-19(25)21-12-10-16-6-8-18(9-7-16)24-15-17(22-23-24)11-14-27-20-5-3-4-13-26-20/h2,6-9,15,20H,1,3-5,10-14H2,(H,21,25). The molecule has 1 atom stereocenters. The molecule has 1 aliphatic rings. The fourth-order valence-electron chi connectivity index (χ4n) is 2.89. The van der Waals surface area contributed by atoms with Crippen LogP contribution in [0.1, 0.15) is 30.5 Å². The highest BCUT2D eigenvalue weighted by Crippen LogP contribution is 2.14. The number of hydrogen-bond donors (Lipinski definition) is 1. The minimum Gasteiger partial charge on any atom is -0.353 e. The Morgan fingerprint density at radius 3 is 2.93 bits per heavy atom. The number of amides is 1. The summed E-state index contributed by atoms with van der Waals surface area (Å²) in [6.45, 7) is 5.39. The van der Waals surface area contributed by atoms with Crippen molar-refractivity contribution in [3.63, 3.8) is 0 Å². The summed E-state index contributed by atoms with van der Waals surface area (Å²) in [5.74, 6) is -0.152. The van der Waals surface area contributed by atoms with E-state index in [0.717, 1.165) is 49.2 Å². The van der Waals surface area contributed by atoms with Gasteiger partial charge < -0.3 is 14.8 Å². The van der Waals surface area contributed by atoms with E-state index in [4.69, 9.17) is 9.47 Å². The zero-order chi connectivity index (χ0) is 18.9. The molecule has 0 bridgehead atoms. The molecular formula is C20H26N4O3. The summed E-state index contributed by atoms with van der Waals surface area (Å²) in [7, 11) is 0. The summed E-state index contributed by atoms with van der Waals surface area (Å²) in [5.41, 5.74) is 2.98. The van der Waals surface area contributed by atoms with E-state index >= 15 is 0 Å². The fourth-order valence-corrected chi connectivity index (χ4v) is 2.89. The van der Waals surface area contributed by atoms with Gasteiger partial charge in [0.05, 0.1) is 24.2 Å². The highest BCUT2D eigenvalue weighted by atomic mass is 16.7. The normalized spacial score (nSPS) is 16.8. The zero-order valence-electron chi connectivity index (χ0n) is 15.5. The van der Waals surface area contributed by atoms with E-state index in [1.807, 2.05) is 30.5 Å². The van der Waals surface area contributed by atoms with Crippen molar-refractivity contribution in [1.82, 2.24) is 20.3 Å². The molecule has 144 valence electrons. The molecule has 2 aromatic rings. The molecule has 1 N–H and O–H groups in total. The summed E-state index contributed by atoms with van der Waals surface area (Å²) >= 11 is 0. The Kier molecular flexibility index (Phi) is 7.12. The second kappa shape index (κ2) is 9.99. The van der Waals surface area contributed by atoms with Gasteiger partial charge in [-0.15, -0.1) is 5.10 Å². The maximum Gasteiger partial charge on any atom is 0.243 e. The van der Waals surface area contributed by atoms with Gasteiger partial charge in [0.2, 0.25) is 5.91 Å². The van der Waals surface area contributed by atoms with Crippen molar-refractivity contribution in [3.8, 4) is 5.69 Å². The van der Waals surface area contributed by atoms with Crippen molar-refractivity contribution in [2.45, 2.75) is 38.4 Å². The molecule has 0 spiro atoms. The van der Waals surface area contributed by atoms with Crippen LogP contribution in [0.2, 0.25) is 0 Å². The predicted octanol–water partition coefficient (Wildman–Crippen LogP) is 2.20. The van der Waals surface area contributed by atoms with Crippen LogP contribution < -0.4 is 5.32 Å². The van der Waals surface area contributed by atoms with E-state index in [1.165, 1.54) is 6.08 Å². The van der Waals surface area contributed by atoms with Gasteiger partial charge in [-0.25, -0.2) is 4.68 Å². The highest BCUT2D eigenvalue weighted by Gasteiger charge is 2.14. The third-order valence-corrected chi connectivity index (χ3v) is 4.44. The van der Waals surface area contributed by atoms with Crippen LogP contribution in [-0.4, -0.2) is 46.9 Å². The van der Waals surface area contributed by atoms with Gasteiger partial charge in [-0.1, -0.05) is 23.9 Å². The minimum absolute atomic E-state index is 0.0717. The molecule has 1 unspecified atom stereocenters. The largest absolute Gasteiger partial charge is 0.353 e. The van der Waals surface area contributed by atoms with Crippen LogP contribution in [-0.2, 0) is 27.1 Å². The van der Waals surface area contributed by atoms with Crippen molar-refractivity contribution in [3.05, 3.63) is 54.4 Å². The summed E-state index contributed by atoms with van der Waals surface area (Å²) in [6.07, 6.45) is 7.86. The Bertz CT molecular complexity index is 736. The van der Waals surface area contributed by atoms with Gasteiger partial charge in [0.15, 0.2) is 6.29 Å². The molecule has 1 saturated heterocycles. The molecule has 0 radical (unpaired) electrons. The second-order valence-corrected chi connectivity index (χ2v) is 6.48. The van der Waals surface area contributed by atoms with E-state index in [-0.39, 0.29) is 12.2 Å². The van der Waals surface area contributed by atoms with Gasteiger partial charge in [-0.2, -0.15) is 0 Å². The average molecular weight is 370 g/mol. The van der Waals surface area contributed by atoms with E-state index in [2.05, 4.69) is 22.2 Å². The lowest BCUT2D eigenvalue weighted by Crippen LogP contribution is -2.23. The number of carbonyl (C=O) groups is 1. The number of hydrogen-bond acceptors (Lipinski definition) is 5. The van der Waals surface area contributed by atoms with Crippen molar-refractivity contribution in [2.75, 3.05) is 19.8 Å². The Morgan fingerprint density at radius 2 is 2.19 bits per heavy atom. The molecular weight excluding hydrogens is 344 g/mol. The van der Waals surface area contributed by atoms with Gasteiger partial charge in [-0.3, -0.25) is 4.79 Å². The molecule has 1 amide bonds. The summed E-state index contributed by atoms with van der Waals surface area (Å²) in [5, 5.41) is 11.2. The Hall–Kier alpha value is -2.51. The topological polar surface area (TPSA) is 78.3 Å². The number of aromatic nitrogens is 3. The first-order valence-electron chi connectivity index (χ1n) is 9.38. The van der Waals surface area contributed by atoms with Gasteiger partial charge >= 0.3 is 0 Å². The zero-order valence-corrected chi connectivity index (χ0v) is 15.5. The molecule has 1 aromatic carbocycles. The summed E-state index contributed by atoms with van der Waals surface area (Å²) < 4.78 is 13.1. The molecule has 3 rings (SSSR count). The first-order chi connectivity index (χ1) is 13.2. The maximum absolute atomic E-state index is 11.1. The van der Waals surface area contributed by atoms with Crippen LogP contribution in [0, 0.1) is 0 Å². The average Bonchev–Trinajstić information content (AvgIpc) is 3.18. The molecule has 1 aliphatic heterocycles. The number of benzene rings is 1. The molecule has 0 aliphatic carbocycles. The smallest absolute Gasteiger partial charge is 0.243 e. The van der Waals surface area contributed by atoms with Crippen LogP contribution in [0.5, 0.6) is 0 Å². The van der Waals surface area contributed by atoms with Gasteiger partial charge in [-0.05, 0) is 49.5 Å². The highest BCUT2D eigenvalue weighted by molar-refractivity contribution is 5.86. The van der Waals surface area contributed by atoms with Crippen molar-refractivity contribution >= 4 is 5.91 Å². The first-order valence-corrected chi connectivity index (χ1v) is 9.38. The Labute approximate surface area is 159 Å². The van der Waals surface area contributed by atoms with Crippen molar-refractivity contribution < 1.29 is 14.3 Å². The summed E-state index contributed by atoms with van der Waals surface area (Å²) in [6, 6.07) is 8.05. The lowest BCUT2D eigenvalue weighted by molar-refractivity contribution is -0.161. The second-order valence-electron chi connectivity index (χ2n) is 6.48. The third-order valence-electron chi connectivity index (χ3n) is 4.44. The van der Waals surface area contributed by atoms with Gasteiger partial charge in [0, 0.05) is 19.6 Å². The fraction of sp³-hybridized carbons (Fsp3) is 0.450. The molecule has 7 nitrogen and oxygen atoms in total. The molecule has 2 heterocycles. The molecule has 7 heteroatoms. The SMILES string of the molecule is C=CC(=O)NCCc1ccc(-n2cc(CCOC3CCCCO3)nn2)cc1. The van der Waals surface area contributed by atoms with E-state index in [9.17, 15) is 4.79 Å². The van der Waals surface area contributed by atoms with Crippen molar-refractivity contribution in [1.29, 1.82) is 0 Å². The monoisotopic (exact) mass is 370 g/mol. The van der Waals surface area contributed by atoms with E-state index in [0.29, 0.717) is 19.6 Å². The predicted molar refractivity (Wildman–Crippen MR) is 102 cm³/mol. The Balaban J connectivity index is 1.45. The lowest BCUT2D eigenvalue weighted by Gasteiger charge is -2.22. The number of rotatable bonds is 9. The van der Waals surface area contributed by atoms with Crippen LogP contribution in [0.4, 0.5) is 0 Å². The van der Waals surface area contributed by atoms with Crippen LogP contribution in [0.3, 0.4) is 0 Å². The maximum atomic E-state index is 11.1. The number of nitrogens with zero attached hydrogens (tertiary/aromatic N) is 3. The number of nitrogens with one attached hydrogen (secondary N) is 1. The molecule has 1 aromatic heterocycles. The molecule has 27 heavy (non-hydrogen) atoms. The Morgan fingerprint density at radius 1 is 1.33 bits per heavy atom. The van der Waals surface area contributed by atoms with Crippen LogP contribution >= 0.6 is 0 Å². The van der Waals surface area contributed by atoms with E-state index in [1.54, 1.807) is 4.68 Å². The quantitative estimate of drug-likeness (QED) is 0.685. The molecule has 0 saturated carbocycles. The van der Waals surface area contributed by atoms with Crippen LogP contribution in [0.25, 0.3) is 5.69 Å². The minimum atomic E-state index is -0.152. The third kappa shape index (κ3) is 6.01. The first kappa shape index (κ1) is 19.3. The molecule has 1 fully saturated rings. The summed E-state index contributed by atoms with van der Waals surface area (Å²) in [4.78, 5) is 11.1. The number of carbonyl (C=O) groups excluding carboxylic acids is 1.